The van der Waals surface area contributed by atoms with Gasteiger partial charge in [-0.1, -0.05) is 90.1 Å². The third-order valence-corrected chi connectivity index (χ3v) is 17.9. The first-order valence-electron chi connectivity index (χ1n) is 14.7. The number of ether oxygens (including phenoxy) is 2. The van der Waals surface area contributed by atoms with Crippen LogP contribution in [0.5, 0.6) is 0 Å². The number of benzene rings is 1. The zero-order chi connectivity index (χ0) is 30.0. The minimum absolute atomic E-state index is 0.177. The monoisotopic (exact) mass is 576 g/mol. The van der Waals surface area contributed by atoms with Crippen LogP contribution in [0.25, 0.3) is 0 Å². The van der Waals surface area contributed by atoms with Crippen LogP contribution >= 0.6 is 0 Å². The lowest BCUT2D eigenvalue weighted by Crippen LogP contribution is -2.42. The largest absolute Gasteiger partial charge is 0.417 e. The van der Waals surface area contributed by atoms with Crippen molar-refractivity contribution in [2.24, 2.45) is 0 Å². The summed E-state index contributed by atoms with van der Waals surface area (Å²) in [5.41, 5.74) is 2.94. The second-order valence-corrected chi connectivity index (χ2v) is 23.9. The summed E-state index contributed by atoms with van der Waals surface area (Å²) >= 11 is 0. The standard InChI is InChI=1S/C33H60O4Si2/c1-28(19-17-18-23-36-38(10,11)31(3,4)5)25-29(2)33(9,22-24-37-39(12,13)32(6,7)8)35-27-34-26-30-20-15-14-16-21-30/h14-16,20-21,25H,1,17-19,22-24,26-27H2,2-13H3/b29-25+. The Morgan fingerprint density at radius 1 is 0.821 bits per heavy atom. The zero-order valence-corrected chi connectivity index (χ0v) is 29.5. The molecule has 0 saturated heterocycles. The Balaban J connectivity index is 2.75. The summed E-state index contributed by atoms with van der Waals surface area (Å²) in [6.45, 7) is 33.8. The van der Waals surface area contributed by atoms with Crippen molar-refractivity contribution in [1.29, 1.82) is 0 Å². The van der Waals surface area contributed by atoms with Gasteiger partial charge in [-0.3, -0.25) is 0 Å². The lowest BCUT2D eigenvalue weighted by Gasteiger charge is -2.38. The van der Waals surface area contributed by atoms with Crippen molar-refractivity contribution in [1.82, 2.24) is 0 Å². The van der Waals surface area contributed by atoms with E-state index >= 15 is 0 Å². The van der Waals surface area contributed by atoms with Gasteiger partial charge in [-0.25, -0.2) is 0 Å². The molecule has 0 amide bonds. The normalized spacial score (nSPS) is 15.3. The summed E-state index contributed by atoms with van der Waals surface area (Å²) in [4.78, 5) is 0. The van der Waals surface area contributed by atoms with Gasteiger partial charge in [0.25, 0.3) is 0 Å². The molecule has 0 aliphatic heterocycles. The summed E-state index contributed by atoms with van der Waals surface area (Å²) < 4.78 is 25.2. The van der Waals surface area contributed by atoms with Gasteiger partial charge in [0.2, 0.25) is 0 Å². The van der Waals surface area contributed by atoms with Crippen LogP contribution in [-0.2, 0) is 24.9 Å². The minimum Gasteiger partial charge on any atom is -0.417 e. The molecule has 0 saturated carbocycles. The van der Waals surface area contributed by atoms with E-state index in [4.69, 9.17) is 18.3 Å². The summed E-state index contributed by atoms with van der Waals surface area (Å²) in [6.07, 6.45) is 6.06. The third-order valence-electron chi connectivity index (χ3n) is 8.84. The van der Waals surface area contributed by atoms with Crippen LogP contribution in [0.2, 0.25) is 36.3 Å². The molecule has 0 radical (unpaired) electrons. The topological polar surface area (TPSA) is 36.9 Å². The van der Waals surface area contributed by atoms with E-state index in [1.165, 1.54) is 0 Å². The van der Waals surface area contributed by atoms with Crippen molar-refractivity contribution in [3.63, 3.8) is 0 Å². The molecule has 0 aliphatic rings. The van der Waals surface area contributed by atoms with Gasteiger partial charge in [0.05, 0.1) is 12.2 Å². The predicted molar refractivity (Wildman–Crippen MR) is 173 cm³/mol. The first-order chi connectivity index (χ1) is 17.8. The zero-order valence-electron chi connectivity index (χ0n) is 27.5. The van der Waals surface area contributed by atoms with Crippen LogP contribution < -0.4 is 0 Å². The van der Waals surface area contributed by atoms with Crippen LogP contribution in [0, 0.1) is 0 Å². The van der Waals surface area contributed by atoms with E-state index in [1.807, 2.05) is 18.2 Å². The SMILES string of the molecule is C=C(/C=C(\C)C(C)(CCO[Si](C)(C)C(C)(C)C)OCOCc1ccccc1)CCCCO[Si](C)(C)C(C)(C)C. The lowest BCUT2D eigenvalue weighted by molar-refractivity contribution is -0.130. The highest BCUT2D eigenvalue weighted by molar-refractivity contribution is 6.74. The Kier molecular flexibility index (Phi) is 14.1. The van der Waals surface area contributed by atoms with Gasteiger partial charge in [-0.05, 0) is 80.5 Å². The van der Waals surface area contributed by atoms with Crippen LogP contribution in [0.3, 0.4) is 0 Å². The second kappa shape index (κ2) is 15.3. The number of hydrogen-bond acceptors (Lipinski definition) is 4. The van der Waals surface area contributed by atoms with E-state index in [9.17, 15) is 0 Å². The van der Waals surface area contributed by atoms with Gasteiger partial charge in [-0.2, -0.15) is 0 Å². The highest BCUT2D eigenvalue weighted by Gasteiger charge is 2.38. The first kappa shape index (κ1) is 36.0. The number of hydrogen-bond donors (Lipinski definition) is 0. The molecule has 39 heavy (non-hydrogen) atoms. The van der Waals surface area contributed by atoms with Crippen molar-refractivity contribution < 1.29 is 18.3 Å². The molecule has 1 rings (SSSR count). The van der Waals surface area contributed by atoms with E-state index in [0.717, 1.165) is 49.0 Å². The van der Waals surface area contributed by atoms with Crippen molar-refractivity contribution >= 4 is 16.6 Å². The molecule has 1 unspecified atom stereocenters. The molecule has 0 aliphatic carbocycles. The van der Waals surface area contributed by atoms with Gasteiger partial charge in [0.1, 0.15) is 6.79 Å². The molecule has 4 nitrogen and oxygen atoms in total. The molecule has 0 heterocycles. The van der Waals surface area contributed by atoms with E-state index in [0.29, 0.717) is 13.2 Å². The quantitative estimate of drug-likeness (QED) is 0.0800. The second-order valence-electron chi connectivity index (χ2n) is 14.2. The van der Waals surface area contributed by atoms with Gasteiger partial charge < -0.3 is 18.3 Å². The van der Waals surface area contributed by atoms with Gasteiger partial charge in [0.15, 0.2) is 16.6 Å². The van der Waals surface area contributed by atoms with Gasteiger partial charge in [0, 0.05) is 19.6 Å². The first-order valence-corrected chi connectivity index (χ1v) is 20.5. The lowest BCUT2D eigenvalue weighted by atomic mass is 9.91. The summed E-state index contributed by atoms with van der Waals surface area (Å²) in [5, 5.41) is 0.427. The average molecular weight is 577 g/mol. The Morgan fingerprint density at radius 2 is 1.36 bits per heavy atom. The Labute approximate surface area is 243 Å². The molecule has 1 atom stereocenters. The van der Waals surface area contributed by atoms with E-state index in [1.54, 1.807) is 0 Å². The Bertz CT molecular complexity index is 895. The highest BCUT2D eigenvalue weighted by Crippen LogP contribution is 2.38. The van der Waals surface area contributed by atoms with Crippen LogP contribution in [0.15, 0.2) is 54.1 Å². The molecule has 0 aromatic heterocycles. The predicted octanol–water partition coefficient (Wildman–Crippen LogP) is 10.0. The molecule has 1 aromatic carbocycles. The summed E-state index contributed by atoms with van der Waals surface area (Å²) in [7, 11) is -3.52. The maximum Gasteiger partial charge on any atom is 0.191 e. The molecule has 224 valence electrons. The molecule has 6 heteroatoms. The number of allylic oxidation sites excluding steroid dienone is 2. The molecular formula is C33H60O4Si2. The fourth-order valence-corrected chi connectivity index (χ4v) is 5.67. The van der Waals surface area contributed by atoms with Crippen molar-refractivity contribution in [3.8, 4) is 0 Å². The maximum absolute atomic E-state index is 6.52. The molecule has 0 bridgehead atoms. The van der Waals surface area contributed by atoms with Gasteiger partial charge in [-0.15, -0.1) is 0 Å². The van der Waals surface area contributed by atoms with Crippen LogP contribution in [0.4, 0.5) is 0 Å². The van der Waals surface area contributed by atoms with E-state index in [2.05, 4.69) is 106 Å². The number of unbranched alkanes of at least 4 members (excludes halogenated alkanes) is 1. The summed E-state index contributed by atoms with van der Waals surface area (Å²) in [6, 6.07) is 10.2. The van der Waals surface area contributed by atoms with Crippen LogP contribution in [0.1, 0.15) is 86.6 Å². The van der Waals surface area contributed by atoms with Crippen molar-refractivity contribution in [2.75, 3.05) is 20.0 Å². The Hall–Kier alpha value is -1.03. The highest BCUT2D eigenvalue weighted by atomic mass is 28.4. The summed E-state index contributed by atoms with van der Waals surface area (Å²) in [5.74, 6) is 0. The van der Waals surface area contributed by atoms with Crippen molar-refractivity contribution in [2.45, 2.75) is 130 Å². The maximum atomic E-state index is 6.52. The third kappa shape index (κ3) is 12.6. The smallest absolute Gasteiger partial charge is 0.191 e. The molecule has 0 fully saturated rings. The molecular weight excluding hydrogens is 517 g/mol. The molecule has 1 aromatic rings. The average Bonchev–Trinajstić information content (AvgIpc) is 2.80. The molecule has 0 spiro atoms. The van der Waals surface area contributed by atoms with Crippen molar-refractivity contribution in [3.05, 3.63) is 59.7 Å². The molecule has 0 N–H and O–H groups in total. The Morgan fingerprint density at radius 3 is 1.90 bits per heavy atom. The fourth-order valence-electron chi connectivity index (χ4n) is 3.54. The fraction of sp³-hybridized carbons (Fsp3) is 0.697. The minimum atomic E-state index is -1.84. The number of rotatable bonds is 17. The van der Waals surface area contributed by atoms with E-state index in [-0.39, 0.29) is 16.9 Å². The van der Waals surface area contributed by atoms with E-state index < -0.39 is 22.2 Å². The van der Waals surface area contributed by atoms with Crippen LogP contribution in [-0.4, -0.2) is 42.2 Å². The van der Waals surface area contributed by atoms with Gasteiger partial charge >= 0.3 is 0 Å².